The molecule has 0 saturated carbocycles. The smallest absolute Gasteiger partial charge is 0.222 e. The second-order valence-corrected chi connectivity index (χ2v) is 6.30. The van der Waals surface area contributed by atoms with E-state index in [1.807, 2.05) is 4.90 Å². The molecule has 0 aromatic heterocycles. The van der Waals surface area contributed by atoms with Gasteiger partial charge in [0, 0.05) is 19.5 Å². The molecule has 0 aliphatic carbocycles. The maximum absolute atomic E-state index is 12.9. The summed E-state index contributed by atoms with van der Waals surface area (Å²) in [5.74, 6) is 0.405. The van der Waals surface area contributed by atoms with E-state index < -0.39 is 5.60 Å². The third-order valence-corrected chi connectivity index (χ3v) is 4.34. The Hall–Kier alpha value is -1.62. The van der Waals surface area contributed by atoms with E-state index >= 15 is 0 Å². The Kier molecular flexibility index (Phi) is 6.39. The molecule has 2 rings (SSSR count). The van der Waals surface area contributed by atoms with Gasteiger partial charge in [-0.2, -0.15) is 0 Å². The lowest BCUT2D eigenvalue weighted by Gasteiger charge is -2.27. The fourth-order valence-electron chi connectivity index (χ4n) is 2.81. The van der Waals surface area contributed by atoms with Crippen molar-refractivity contribution in [2.45, 2.75) is 51.0 Å². The highest BCUT2D eigenvalue weighted by Crippen LogP contribution is 2.24. The van der Waals surface area contributed by atoms with Gasteiger partial charge in [-0.05, 0) is 49.9 Å². The Labute approximate surface area is 137 Å². The lowest BCUT2D eigenvalue weighted by Crippen LogP contribution is -2.38. The Balaban J connectivity index is 1.85. The molecule has 1 N–H and O–H groups in total. The maximum atomic E-state index is 12.9. The lowest BCUT2D eigenvalue weighted by atomic mass is 9.96. The Morgan fingerprint density at radius 3 is 2.74 bits per heavy atom. The second-order valence-electron chi connectivity index (χ2n) is 6.30. The molecule has 0 bridgehead atoms. The highest BCUT2D eigenvalue weighted by atomic mass is 19.1. The standard InChI is InChI=1S/C18H26FNO3/c1-2-3-5-17(21)20-12-4-10-18(22,11-13-20)14-23-16-8-6-15(19)7-9-16/h6-9,22H,2-5,10-14H2,1H3. The fourth-order valence-corrected chi connectivity index (χ4v) is 2.81. The van der Waals surface area contributed by atoms with Gasteiger partial charge in [0.25, 0.3) is 0 Å². The number of carbonyl (C=O) groups excluding carboxylic acids is 1. The summed E-state index contributed by atoms with van der Waals surface area (Å²) in [5.41, 5.74) is -0.936. The van der Waals surface area contributed by atoms with Crippen LogP contribution >= 0.6 is 0 Å². The van der Waals surface area contributed by atoms with Crippen LogP contribution in [0.1, 0.15) is 45.4 Å². The monoisotopic (exact) mass is 323 g/mol. The van der Waals surface area contributed by atoms with Gasteiger partial charge in [0.05, 0.1) is 0 Å². The number of aliphatic hydroxyl groups is 1. The van der Waals surface area contributed by atoms with Crippen LogP contribution in [0.4, 0.5) is 4.39 Å². The van der Waals surface area contributed by atoms with Gasteiger partial charge in [0.1, 0.15) is 23.8 Å². The van der Waals surface area contributed by atoms with Crippen LogP contribution in [-0.2, 0) is 4.79 Å². The number of hydrogen-bond acceptors (Lipinski definition) is 3. The van der Waals surface area contributed by atoms with E-state index in [4.69, 9.17) is 4.74 Å². The van der Waals surface area contributed by atoms with Crippen molar-refractivity contribution in [1.29, 1.82) is 0 Å². The molecule has 128 valence electrons. The number of unbranched alkanes of at least 4 members (excludes halogenated alkanes) is 1. The predicted molar refractivity (Wildman–Crippen MR) is 86.8 cm³/mol. The number of amides is 1. The number of hydrogen-bond donors (Lipinski definition) is 1. The summed E-state index contributed by atoms with van der Waals surface area (Å²) in [6, 6.07) is 5.77. The predicted octanol–water partition coefficient (Wildman–Crippen LogP) is 3.14. The first-order valence-electron chi connectivity index (χ1n) is 8.41. The number of carbonyl (C=O) groups is 1. The molecule has 4 nitrogen and oxygen atoms in total. The van der Waals surface area contributed by atoms with Gasteiger partial charge < -0.3 is 14.7 Å². The Morgan fingerprint density at radius 2 is 2.04 bits per heavy atom. The minimum Gasteiger partial charge on any atom is -0.491 e. The summed E-state index contributed by atoms with van der Waals surface area (Å²) in [7, 11) is 0. The summed E-state index contributed by atoms with van der Waals surface area (Å²) in [6.45, 7) is 3.49. The summed E-state index contributed by atoms with van der Waals surface area (Å²) in [6.07, 6.45) is 4.38. The van der Waals surface area contributed by atoms with Gasteiger partial charge in [-0.25, -0.2) is 4.39 Å². The average Bonchev–Trinajstić information content (AvgIpc) is 2.74. The highest BCUT2D eigenvalue weighted by molar-refractivity contribution is 5.76. The van der Waals surface area contributed by atoms with Crippen molar-refractivity contribution in [3.63, 3.8) is 0 Å². The fraction of sp³-hybridized carbons (Fsp3) is 0.611. The molecule has 1 amide bonds. The van der Waals surface area contributed by atoms with Crippen molar-refractivity contribution < 1.29 is 19.0 Å². The van der Waals surface area contributed by atoms with Crippen LogP contribution in [0.2, 0.25) is 0 Å². The first-order valence-corrected chi connectivity index (χ1v) is 8.41. The summed E-state index contributed by atoms with van der Waals surface area (Å²) >= 11 is 0. The topological polar surface area (TPSA) is 49.8 Å². The lowest BCUT2D eigenvalue weighted by molar-refractivity contribution is -0.131. The zero-order valence-corrected chi connectivity index (χ0v) is 13.8. The largest absolute Gasteiger partial charge is 0.491 e. The van der Waals surface area contributed by atoms with Crippen LogP contribution in [0.5, 0.6) is 5.75 Å². The molecule has 1 aliphatic rings. The Bertz CT molecular complexity index is 505. The molecule has 0 spiro atoms. The molecule has 5 heteroatoms. The number of rotatable bonds is 6. The number of benzene rings is 1. The van der Waals surface area contributed by atoms with Crippen LogP contribution in [-0.4, -0.2) is 41.2 Å². The minimum absolute atomic E-state index is 0.162. The van der Waals surface area contributed by atoms with Gasteiger partial charge >= 0.3 is 0 Å². The average molecular weight is 323 g/mol. The van der Waals surface area contributed by atoms with Crippen LogP contribution in [0.3, 0.4) is 0 Å². The molecule has 1 aromatic carbocycles. The molecule has 1 aromatic rings. The van der Waals surface area contributed by atoms with Gasteiger partial charge in [-0.15, -0.1) is 0 Å². The summed E-state index contributed by atoms with van der Waals surface area (Å²) < 4.78 is 18.5. The van der Waals surface area contributed by atoms with Crippen molar-refractivity contribution in [3.05, 3.63) is 30.1 Å². The zero-order chi connectivity index (χ0) is 16.7. The highest BCUT2D eigenvalue weighted by Gasteiger charge is 2.32. The van der Waals surface area contributed by atoms with Crippen molar-refractivity contribution in [1.82, 2.24) is 4.90 Å². The van der Waals surface area contributed by atoms with E-state index in [2.05, 4.69) is 6.92 Å². The van der Waals surface area contributed by atoms with Crippen molar-refractivity contribution >= 4 is 5.91 Å². The van der Waals surface area contributed by atoms with E-state index in [-0.39, 0.29) is 18.3 Å². The molecule has 0 radical (unpaired) electrons. The number of halogens is 1. The molecular weight excluding hydrogens is 297 g/mol. The quantitative estimate of drug-likeness (QED) is 0.875. The molecule has 1 unspecified atom stereocenters. The van der Waals surface area contributed by atoms with Crippen molar-refractivity contribution in [3.8, 4) is 5.75 Å². The van der Waals surface area contributed by atoms with Crippen molar-refractivity contribution in [2.24, 2.45) is 0 Å². The van der Waals surface area contributed by atoms with Gasteiger partial charge in [-0.3, -0.25) is 4.79 Å². The molecule has 1 saturated heterocycles. The molecule has 1 fully saturated rings. The van der Waals surface area contributed by atoms with E-state index in [0.29, 0.717) is 38.1 Å². The van der Waals surface area contributed by atoms with Crippen LogP contribution < -0.4 is 4.74 Å². The number of likely N-dealkylation sites (tertiary alicyclic amines) is 1. The third-order valence-electron chi connectivity index (χ3n) is 4.34. The maximum Gasteiger partial charge on any atom is 0.222 e. The first-order chi connectivity index (χ1) is 11.0. The molecule has 23 heavy (non-hydrogen) atoms. The number of nitrogens with zero attached hydrogens (tertiary/aromatic N) is 1. The van der Waals surface area contributed by atoms with Crippen LogP contribution in [0.15, 0.2) is 24.3 Å². The van der Waals surface area contributed by atoms with Gasteiger partial charge in [0.2, 0.25) is 5.91 Å². The molecular formula is C18H26FNO3. The summed E-state index contributed by atoms with van der Waals surface area (Å²) in [5, 5.41) is 10.7. The second kappa shape index (κ2) is 8.29. The van der Waals surface area contributed by atoms with E-state index in [0.717, 1.165) is 19.3 Å². The summed E-state index contributed by atoms with van der Waals surface area (Å²) in [4.78, 5) is 14.0. The first kappa shape index (κ1) is 17.7. The molecule has 1 heterocycles. The third kappa shape index (κ3) is 5.50. The normalized spacial score (nSPS) is 21.8. The minimum atomic E-state index is -0.936. The molecule has 1 atom stereocenters. The van der Waals surface area contributed by atoms with Gasteiger partial charge in [0.15, 0.2) is 0 Å². The van der Waals surface area contributed by atoms with Crippen LogP contribution in [0.25, 0.3) is 0 Å². The molecule has 1 aliphatic heterocycles. The van der Waals surface area contributed by atoms with E-state index in [1.165, 1.54) is 12.1 Å². The number of ether oxygens (including phenoxy) is 1. The Morgan fingerprint density at radius 1 is 1.30 bits per heavy atom. The van der Waals surface area contributed by atoms with Crippen molar-refractivity contribution in [2.75, 3.05) is 19.7 Å². The van der Waals surface area contributed by atoms with Crippen LogP contribution in [0, 0.1) is 5.82 Å². The van der Waals surface area contributed by atoms with Gasteiger partial charge in [-0.1, -0.05) is 13.3 Å². The van der Waals surface area contributed by atoms with E-state index in [9.17, 15) is 14.3 Å². The zero-order valence-electron chi connectivity index (χ0n) is 13.8. The SMILES string of the molecule is CCCCC(=O)N1CCCC(O)(COc2ccc(F)cc2)CC1. The van der Waals surface area contributed by atoms with E-state index in [1.54, 1.807) is 12.1 Å².